The molecule has 37 heavy (non-hydrogen) atoms. The first-order valence-corrected chi connectivity index (χ1v) is 15.4. The molecule has 4 aliphatic rings. The van der Waals surface area contributed by atoms with E-state index in [1.54, 1.807) is 0 Å². The molecule has 1 saturated heterocycles. The lowest BCUT2D eigenvalue weighted by Crippen LogP contribution is -2.40. The summed E-state index contributed by atoms with van der Waals surface area (Å²) in [6.07, 6.45) is 10.6. The Morgan fingerprint density at radius 3 is 2.76 bits per heavy atom. The highest BCUT2D eigenvalue weighted by Gasteiger charge is 2.50. The van der Waals surface area contributed by atoms with Crippen molar-refractivity contribution in [2.75, 3.05) is 11.5 Å². The van der Waals surface area contributed by atoms with E-state index in [0.717, 1.165) is 48.0 Å². The first kappa shape index (κ1) is 23.9. The van der Waals surface area contributed by atoms with Gasteiger partial charge in [-0.25, -0.2) is 9.98 Å². The predicted octanol–water partition coefficient (Wildman–Crippen LogP) is 6.74. The average molecular weight is 553 g/mol. The van der Waals surface area contributed by atoms with Gasteiger partial charge in [-0.2, -0.15) is 4.98 Å². The molecule has 7 rings (SSSR count). The number of hydrogen-bond acceptors (Lipinski definition) is 8. The zero-order chi connectivity index (χ0) is 25.0. The first-order chi connectivity index (χ1) is 18.1. The van der Waals surface area contributed by atoms with Crippen LogP contribution in [0.2, 0.25) is 5.02 Å². The van der Waals surface area contributed by atoms with E-state index in [-0.39, 0.29) is 4.08 Å². The minimum Gasteiger partial charge on any atom is -0.337 e. The lowest BCUT2D eigenvalue weighted by Gasteiger charge is -2.49. The standard InChI is InChI=1S/C27H29ClN6OS2/c1-33-15-29-26-24(33)23(17-5-2-6-17)34(16-30-26)14-22-31-25(32-35-22)18-11-20(12-18)27(36-9-4-10-37-27)19-7-3-8-21(28)13-19/h3,7-8,13,15-16,18,20H,2,4-6,9-12,14H2,1H3. The summed E-state index contributed by atoms with van der Waals surface area (Å²) in [7, 11) is 2.03. The Morgan fingerprint density at radius 1 is 1.16 bits per heavy atom. The van der Waals surface area contributed by atoms with Crippen LogP contribution >= 0.6 is 35.1 Å². The maximum atomic E-state index is 6.40. The first-order valence-electron chi connectivity index (χ1n) is 13.0. The molecule has 0 spiro atoms. The number of thioether (sulfide) groups is 2. The number of aromatic nitrogens is 4. The lowest BCUT2D eigenvalue weighted by molar-refractivity contribution is 0.229. The van der Waals surface area contributed by atoms with Crippen molar-refractivity contribution >= 4 is 53.0 Å². The third-order valence-corrected chi connectivity index (χ3v) is 11.9. The van der Waals surface area contributed by atoms with E-state index in [0.29, 0.717) is 24.3 Å². The van der Waals surface area contributed by atoms with Gasteiger partial charge in [0.15, 0.2) is 11.6 Å². The minimum absolute atomic E-state index is 0.0706. The number of aliphatic imine (C=N–C) groups is 1. The maximum absolute atomic E-state index is 6.40. The highest BCUT2D eigenvalue weighted by Crippen LogP contribution is 2.63. The molecule has 10 heteroatoms. The number of imidazole rings is 1. The van der Waals surface area contributed by atoms with Gasteiger partial charge in [0.05, 0.1) is 22.4 Å². The number of nitrogens with zero attached hydrogens (tertiary/aromatic N) is 6. The monoisotopic (exact) mass is 552 g/mol. The smallest absolute Gasteiger partial charge is 0.246 e. The van der Waals surface area contributed by atoms with Crippen molar-refractivity contribution in [1.29, 1.82) is 0 Å². The van der Waals surface area contributed by atoms with E-state index < -0.39 is 0 Å². The molecule has 0 bridgehead atoms. The fourth-order valence-electron chi connectivity index (χ4n) is 5.86. The summed E-state index contributed by atoms with van der Waals surface area (Å²) in [5, 5.41) is 5.24. The van der Waals surface area contributed by atoms with Gasteiger partial charge in [0.25, 0.3) is 0 Å². The molecule has 2 aliphatic carbocycles. The minimum atomic E-state index is 0.0706. The summed E-state index contributed by atoms with van der Waals surface area (Å²) < 4.78 is 7.90. The molecule has 3 fully saturated rings. The fraction of sp³-hybridized carbons (Fsp3) is 0.481. The summed E-state index contributed by atoms with van der Waals surface area (Å²) in [6, 6.07) is 8.46. The van der Waals surface area contributed by atoms with E-state index in [1.165, 1.54) is 41.2 Å². The molecule has 192 valence electrons. The van der Waals surface area contributed by atoms with Crippen molar-refractivity contribution in [1.82, 2.24) is 24.6 Å². The Hall–Kier alpha value is -2.23. The summed E-state index contributed by atoms with van der Waals surface area (Å²) in [6.45, 7) is 0.522. The predicted molar refractivity (Wildman–Crippen MR) is 150 cm³/mol. The molecule has 4 heterocycles. The molecular formula is C27H29ClN6OS2. The van der Waals surface area contributed by atoms with Gasteiger partial charge in [-0.1, -0.05) is 28.9 Å². The van der Waals surface area contributed by atoms with E-state index >= 15 is 0 Å². The van der Waals surface area contributed by atoms with Crippen molar-refractivity contribution in [3.8, 4) is 0 Å². The Kier molecular flexibility index (Phi) is 6.13. The average Bonchev–Trinajstić information content (AvgIpc) is 3.46. The van der Waals surface area contributed by atoms with Crippen molar-refractivity contribution in [3.05, 3.63) is 64.2 Å². The summed E-state index contributed by atoms with van der Waals surface area (Å²) in [4.78, 5) is 16.1. The van der Waals surface area contributed by atoms with Crippen LogP contribution in [0.4, 0.5) is 5.82 Å². The normalized spacial score (nSPS) is 24.5. The number of halogens is 1. The van der Waals surface area contributed by atoms with Crippen LogP contribution in [-0.4, -0.2) is 42.4 Å². The molecule has 2 aliphatic heterocycles. The lowest BCUT2D eigenvalue weighted by atomic mass is 9.71. The second-order valence-corrected chi connectivity index (χ2v) is 13.7. The van der Waals surface area contributed by atoms with Crippen LogP contribution in [0, 0.1) is 5.92 Å². The van der Waals surface area contributed by atoms with Crippen LogP contribution in [-0.2, 0) is 17.7 Å². The molecule has 0 radical (unpaired) electrons. The Labute approximate surface area is 230 Å². The van der Waals surface area contributed by atoms with Gasteiger partial charge in [0.2, 0.25) is 5.89 Å². The van der Waals surface area contributed by atoms with Crippen molar-refractivity contribution in [2.45, 2.75) is 55.1 Å². The molecule has 0 atom stereocenters. The number of hydrogen-bond donors (Lipinski definition) is 0. The van der Waals surface area contributed by atoms with Crippen molar-refractivity contribution in [2.24, 2.45) is 18.0 Å². The van der Waals surface area contributed by atoms with Gasteiger partial charge in [-0.15, -0.1) is 23.5 Å². The van der Waals surface area contributed by atoms with Gasteiger partial charge in [-0.05, 0) is 79.2 Å². The number of benzene rings is 1. The van der Waals surface area contributed by atoms with Crippen LogP contribution in [0.15, 0.2) is 45.7 Å². The SMILES string of the molecule is Cn1cnc2c1C(=C1CCC1)N(Cc1nc(C3CC(C4(c5cccc(Cl)c5)SCCCS4)C3)no1)C=N2. The molecule has 7 nitrogen and oxygen atoms in total. The third kappa shape index (κ3) is 4.14. The Balaban J connectivity index is 1.08. The highest BCUT2D eigenvalue weighted by atomic mass is 35.5. The number of allylic oxidation sites excluding steroid dienone is 1. The van der Waals surface area contributed by atoms with E-state index in [1.807, 2.05) is 25.8 Å². The molecular weight excluding hydrogens is 524 g/mol. The molecule has 2 aromatic heterocycles. The molecule has 0 amide bonds. The quantitative estimate of drug-likeness (QED) is 0.347. The second-order valence-electron chi connectivity index (χ2n) is 10.3. The Bertz CT molecular complexity index is 1380. The van der Waals surface area contributed by atoms with Gasteiger partial charge in [0.1, 0.15) is 12.2 Å². The topological polar surface area (TPSA) is 72.3 Å². The fourth-order valence-corrected chi connectivity index (χ4v) is 9.69. The number of aryl methyl sites for hydroxylation is 1. The van der Waals surface area contributed by atoms with Crippen LogP contribution in [0.25, 0.3) is 5.70 Å². The number of fused-ring (bicyclic) bond motifs is 1. The molecule has 0 N–H and O–H groups in total. The van der Waals surface area contributed by atoms with Gasteiger partial charge < -0.3 is 14.0 Å². The molecule has 1 aromatic carbocycles. The zero-order valence-corrected chi connectivity index (χ0v) is 23.2. The van der Waals surface area contributed by atoms with Crippen molar-refractivity contribution < 1.29 is 4.52 Å². The van der Waals surface area contributed by atoms with Crippen LogP contribution in [0.3, 0.4) is 0 Å². The summed E-state index contributed by atoms with van der Waals surface area (Å²) >= 11 is 10.6. The van der Waals surface area contributed by atoms with Crippen LogP contribution < -0.4 is 0 Å². The zero-order valence-electron chi connectivity index (χ0n) is 20.8. The Morgan fingerprint density at radius 2 is 2.00 bits per heavy atom. The van der Waals surface area contributed by atoms with Gasteiger partial charge in [0, 0.05) is 18.0 Å². The summed E-state index contributed by atoms with van der Waals surface area (Å²) in [5.41, 5.74) is 5.08. The van der Waals surface area contributed by atoms with Crippen LogP contribution in [0.5, 0.6) is 0 Å². The molecule has 3 aromatic rings. The van der Waals surface area contributed by atoms with E-state index in [4.69, 9.17) is 21.1 Å². The third-order valence-electron chi connectivity index (χ3n) is 8.02. The van der Waals surface area contributed by atoms with E-state index in [2.05, 4.69) is 66.3 Å². The van der Waals surface area contributed by atoms with E-state index in [9.17, 15) is 0 Å². The van der Waals surface area contributed by atoms with Crippen molar-refractivity contribution in [3.63, 3.8) is 0 Å². The summed E-state index contributed by atoms with van der Waals surface area (Å²) in [5.74, 6) is 5.56. The number of rotatable bonds is 5. The molecule has 2 saturated carbocycles. The second kappa shape index (κ2) is 9.50. The molecule has 0 unspecified atom stereocenters. The van der Waals surface area contributed by atoms with Crippen LogP contribution in [0.1, 0.15) is 67.4 Å². The van der Waals surface area contributed by atoms with Gasteiger partial charge in [-0.3, -0.25) is 0 Å². The maximum Gasteiger partial charge on any atom is 0.246 e. The highest BCUT2D eigenvalue weighted by molar-refractivity contribution is 8.18. The largest absolute Gasteiger partial charge is 0.337 e. The van der Waals surface area contributed by atoms with Gasteiger partial charge >= 0.3 is 0 Å².